The molecule has 1 aromatic heterocycles. The fourth-order valence-electron chi connectivity index (χ4n) is 2.98. The Balaban J connectivity index is 2.01. The fraction of sp³-hybridized carbons (Fsp3) is 0.364. The van der Waals surface area contributed by atoms with E-state index in [1.54, 1.807) is 18.2 Å². The van der Waals surface area contributed by atoms with Gasteiger partial charge >= 0.3 is 0 Å². The van der Waals surface area contributed by atoms with E-state index < -0.39 is 11.6 Å². The van der Waals surface area contributed by atoms with Crippen LogP contribution in [0.3, 0.4) is 0 Å². The third kappa shape index (κ3) is 5.29. The molecule has 0 atom stereocenters. The van der Waals surface area contributed by atoms with E-state index in [2.05, 4.69) is 4.98 Å². The molecule has 3 aromatic rings. The number of hydrogen-bond acceptors (Lipinski definition) is 6. The summed E-state index contributed by atoms with van der Waals surface area (Å²) in [6.07, 6.45) is 0. The lowest BCUT2D eigenvalue weighted by Crippen LogP contribution is -2.36. The van der Waals surface area contributed by atoms with Crippen LogP contribution in [-0.4, -0.2) is 56.2 Å². The number of fused-ring (bicyclic) bond motifs is 1. The molecule has 0 aliphatic heterocycles. The van der Waals surface area contributed by atoms with E-state index in [4.69, 9.17) is 9.47 Å². The van der Waals surface area contributed by atoms with Crippen molar-refractivity contribution in [1.82, 2.24) is 9.88 Å². The molecule has 0 bridgehead atoms. The lowest BCUT2D eigenvalue weighted by molar-refractivity contribution is 0.0984. The standard InChI is InChI=1S/C22H25F2N3O3S/c1-5-29-17-8-7-14(11-18(17)30-6-2)21(28)27(10-9-26(3)4)22-25-20-16(24)12-15(23)13-19(20)31-22/h7-8,11-13H,5-6,9-10H2,1-4H3. The second-order valence-corrected chi connectivity index (χ2v) is 8.03. The number of halogens is 2. The number of thiazole rings is 1. The van der Waals surface area contributed by atoms with Crippen molar-refractivity contribution in [3.63, 3.8) is 0 Å². The van der Waals surface area contributed by atoms with E-state index in [-0.39, 0.29) is 11.4 Å². The van der Waals surface area contributed by atoms with Crippen molar-refractivity contribution in [3.05, 3.63) is 47.5 Å². The number of aromatic nitrogens is 1. The van der Waals surface area contributed by atoms with Gasteiger partial charge in [-0.05, 0) is 52.2 Å². The Hall–Kier alpha value is -2.78. The third-order valence-electron chi connectivity index (χ3n) is 4.44. The number of hydrogen-bond donors (Lipinski definition) is 0. The van der Waals surface area contributed by atoms with Crippen LogP contribution in [-0.2, 0) is 0 Å². The van der Waals surface area contributed by atoms with Gasteiger partial charge in [-0.2, -0.15) is 0 Å². The molecule has 0 fully saturated rings. The molecule has 0 radical (unpaired) electrons. The van der Waals surface area contributed by atoms with Crippen molar-refractivity contribution in [3.8, 4) is 11.5 Å². The minimum Gasteiger partial charge on any atom is -0.490 e. The van der Waals surface area contributed by atoms with Crippen LogP contribution in [0.25, 0.3) is 10.2 Å². The molecule has 0 saturated carbocycles. The molecule has 9 heteroatoms. The fourth-order valence-corrected chi connectivity index (χ4v) is 4.01. The maximum Gasteiger partial charge on any atom is 0.260 e. The Morgan fingerprint density at radius 2 is 1.74 bits per heavy atom. The predicted molar refractivity (Wildman–Crippen MR) is 119 cm³/mol. The van der Waals surface area contributed by atoms with Crippen molar-refractivity contribution in [2.24, 2.45) is 0 Å². The average Bonchev–Trinajstić information content (AvgIpc) is 3.13. The lowest BCUT2D eigenvalue weighted by Gasteiger charge is -2.22. The summed E-state index contributed by atoms with van der Waals surface area (Å²) < 4.78 is 39.4. The molecule has 0 unspecified atom stereocenters. The molecule has 166 valence electrons. The average molecular weight is 450 g/mol. The van der Waals surface area contributed by atoms with E-state index in [9.17, 15) is 13.6 Å². The molecule has 0 aliphatic carbocycles. The number of carbonyl (C=O) groups is 1. The monoisotopic (exact) mass is 449 g/mol. The number of ether oxygens (including phenoxy) is 2. The first-order valence-electron chi connectivity index (χ1n) is 9.95. The molecule has 0 N–H and O–H groups in total. The van der Waals surface area contributed by atoms with Crippen LogP contribution in [0.1, 0.15) is 24.2 Å². The molecule has 0 spiro atoms. The molecular weight excluding hydrogens is 424 g/mol. The zero-order valence-corrected chi connectivity index (χ0v) is 18.8. The van der Waals surface area contributed by atoms with Crippen molar-refractivity contribution in [2.75, 3.05) is 45.3 Å². The summed E-state index contributed by atoms with van der Waals surface area (Å²) in [5.74, 6) is -0.722. The Labute approximate surface area is 184 Å². The van der Waals surface area contributed by atoms with Gasteiger partial charge in [0, 0.05) is 24.7 Å². The van der Waals surface area contributed by atoms with Gasteiger partial charge in [0.1, 0.15) is 11.3 Å². The molecule has 0 saturated heterocycles. The molecule has 1 amide bonds. The van der Waals surface area contributed by atoms with Gasteiger partial charge in [0.05, 0.1) is 17.9 Å². The van der Waals surface area contributed by atoms with E-state index >= 15 is 0 Å². The van der Waals surface area contributed by atoms with Crippen LogP contribution in [0.4, 0.5) is 13.9 Å². The minimum atomic E-state index is -0.753. The van der Waals surface area contributed by atoms with Crippen LogP contribution in [0.5, 0.6) is 11.5 Å². The van der Waals surface area contributed by atoms with Crippen molar-refractivity contribution in [2.45, 2.75) is 13.8 Å². The normalized spacial score (nSPS) is 11.2. The minimum absolute atomic E-state index is 0.0470. The second kappa shape index (κ2) is 10.0. The highest BCUT2D eigenvalue weighted by atomic mass is 32.1. The number of carbonyl (C=O) groups excluding carboxylic acids is 1. The smallest absolute Gasteiger partial charge is 0.260 e. The van der Waals surface area contributed by atoms with E-state index in [0.29, 0.717) is 53.2 Å². The van der Waals surface area contributed by atoms with Gasteiger partial charge in [0.15, 0.2) is 22.4 Å². The number of nitrogens with zero attached hydrogens (tertiary/aromatic N) is 3. The molecule has 1 heterocycles. The third-order valence-corrected chi connectivity index (χ3v) is 5.46. The maximum atomic E-state index is 14.2. The van der Waals surface area contributed by atoms with Crippen molar-refractivity contribution in [1.29, 1.82) is 0 Å². The van der Waals surface area contributed by atoms with Gasteiger partial charge in [-0.3, -0.25) is 9.69 Å². The first-order chi connectivity index (χ1) is 14.8. The molecule has 31 heavy (non-hydrogen) atoms. The van der Waals surface area contributed by atoms with Crippen LogP contribution >= 0.6 is 11.3 Å². The van der Waals surface area contributed by atoms with Gasteiger partial charge in [0.2, 0.25) is 0 Å². The summed E-state index contributed by atoms with van der Waals surface area (Å²) in [6, 6.07) is 7.00. The molecule has 3 rings (SSSR count). The lowest BCUT2D eigenvalue weighted by atomic mass is 10.1. The SMILES string of the molecule is CCOc1ccc(C(=O)N(CCN(C)C)c2nc3c(F)cc(F)cc3s2)cc1OCC. The predicted octanol–water partition coefficient (Wildman–Crippen LogP) is 4.58. The Morgan fingerprint density at radius 3 is 2.42 bits per heavy atom. The summed E-state index contributed by atoms with van der Waals surface area (Å²) >= 11 is 1.07. The van der Waals surface area contributed by atoms with E-state index in [1.807, 2.05) is 32.8 Å². The quantitative estimate of drug-likeness (QED) is 0.479. The van der Waals surface area contributed by atoms with Crippen LogP contribution in [0, 0.1) is 11.6 Å². The number of amides is 1. The van der Waals surface area contributed by atoms with Crippen molar-refractivity contribution >= 4 is 32.6 Å². The van der Waals surface area contributed by atoms with Crippen LogP contribution in [0.15, 0.2) is 30.3 Å². The Kier molecular flexibility index (Phi) is 7.40. The van der Waals surface area contributed by atoms with Gasteiger partial charge in [0.25, 0.3) is 5.91 Å². The van der Waals surface area contributed by atoms with Crippen LogP contribution < -0.4 is 14.4 Å². The van der Waals surface area contributed by atoms with Gasteiger partial charge in [-0.1, -0.05) is 11.3 Å². The number of anilines is 1. The summed E-state index contributed by atoms with van der Waals surface area (Å²) in [4.78, 5) is 21.1. The highest BCUT2D eigenvalue weighted by Gasteiger charge is 2.24. The van der Waals surface area contributed by atoms with E-state index in [1.165, 1.54) is 11.0 Å². The number of benzene rings is 2. The molecule has 2 aromatic carbocycles. The van der Waals surface area contributed by atoms with Gasteiger partial charge in [-0.15, -0.1) is 0 Å². The van der Waals surface area contributed by atoms with Gasteiger partial charge < -0.3 is 14.4 Å². The van der Waals surface area contributed by atoms with Crippen LogP contribution in [0.2, 0.25) is 0 Å². The van der Waals surface area contributed by atoms with Crippen molar-refractivity contribution < 1.29 is 23.0 Å². The highest BCUT2D eigenvalue weighted by Crippen LogP contribution is 2.33. The molecule has 6 nitrogen and oxygen atoms in total. The summed E-state index contributed by atoms with van der Waals surface area (Å²) in [5.41, 5.74) is 0.433. The van der Waals surface area contributed by atoms with E-state index in [0.717, 1.165) is 17.4 Å². The molecule has 0 aliphatic rings. The first-order valence-corrected chi connectivity index (χ1v) is 10.8. The number of rotatable bonds is 9. The highest BCUT2D eigenvalue weighted by molar-refractivity contribution is 7.22. The zero-order valence-electron chi connectivity index (χ0n) is 17.9. The second-order valence-electron chi connectivity index (χ2n) is 7.02. The molecular formula is C22H25F2N3O3S. The maximum absolute atomic E-state index is 14.2. The largest absolute Gasteiger partial charge is 0.490 e. The first kappa shape index (κ1) is 22.9. The summed E-state index contributed by atoms with van der Waals surface area (Å²) in [7, 11) is 3.78. The zero-order chi connectivity index (χ0) is 22.5. The Bertz CT molecular complexity index is 1070. The topological polar surface area (TPSA) is 54.9 Å². The number of likely N-dealkylation sites (N-methyl/N-ethyl adjacent to an activating group) is 1. The summed E-state index contributed by atoms with van der Waals surface area (Å²) in [5, 5.41) is 0.304. The van der Waals surface area contributed by atoms with Gasteiger partial charge in [-0.25, -0.2) is 13.8 Å². The Morgan fingerprint density at radius 1 is 1.03 bits per heavy atom. The summed E-state index contributed by atoms with van der Waals surface area (Å²) in [6.45, 7) is 5.50.